The van der Waals surface area contributed by atoms with Crippen LogP contribution in [0.2, 0.25) is 0 Å². The Balaban J connectivity index is 1.41. The molecule has 6 rings (SSSR count). The molecule has 16 nitrogen and oxygen atoms in total. The molecule has 0 amide bonds. The van der Waals surface area contributed by atoms with E-state index >= 15 is 0 Å². The number of rotatable bonds is 16. The van der Waals surface area contributed by atoms with Crippen molar-refractivity contribution in [2.75, 3.05) is 20.8 Å². The van der Waals surface area contributed by atoms with Crippen LogP contribution in [-0.4, -0.2) is 105 Å². The quantitative estimate of drug-likeness (QED) is 0.0526. The Labute approximate surface area is 334 Å². The molecular formula is C42H43N3O13. The molecule has 1 N–H and O–H groups in total. The number of benzene rings is 4. The summed E-state index contributed by atoms with van der Waals surface area (Å²) in [6, 6.07) is 33.3. The third-order valence-electron chi connectivity index (χ3n) is 9.49. The van der Waals surface area contributed by atoms with Crippen molar-refractivity contribution in [3.8, 4) is 0 Å². The molecule has 0 spiro atoms. The predicted molar refractivity (Wildman–Crippen MR) is 203 cm³/mol. The molecule has 2 heterocycles. The van der Waals surface area contributed by atoms with Crippen LogP contribution in [0, 0.1) is 0 Å². The number of esters is 3. The van der Waals surface area contributed by atoms with E-state index in [9.17, 15) is 25.0 Å². The molecule has 4 aromatic rings. The van der Waals surface area contributed by atoms with Crippen LogP contribution in [0.1, 0.15) is 31.8 Å². The first-order valence-electron chi connectivity index (χ1n) is 18.4. The molecule has 304 valence electrons. The Hall–Kier alpha value is -5.68. The van der Waals surface area contributed by atoms with Crippen molar-refractivity contribution in [1.29, 1.82) is 0 Å². The first-order valence-corrected chi connectivity index (χ1v) is 18.4. The van der Waals surface area contributed by atoms with Crippen molar-refractivity contribution < 1.29 is 62.1 Å². The Morgan fingerprint density at radius 2 is 1.22 bits per heavy atom. The van der Waals surface area contributed by atoms with Crippen molar-refractivity contribution >= 4 is 17.9 Å². The van der Waals surface area contributed by atoms with Crippen LogP contribution in [0.25, 0.3) is 10.4 Å². The average molecular weight is 798 g/mol. The second kappa shape index (κ2) is 20.7. The summed E-state index contributed by atoms with van der Waals surface area (Å²) in [4.78, 5) is 43.1. The summed E-state index contributed by atoms with van der Waals surface area (Å²) >= 11 is 0. The van der Waals surface area contributed by atoms with Crippen LogP contribution >= 0.6 is 0 Å². The Morgan fingerprint density at radius 3 is 1.76 bits per heavy atom. The van der Waals surface area contributed by atoms with Gasteiger partial charge in [0.15, 0.2) is 24.8 Å². The van der Waals surface area contributed by atoms with Crippen LogP contribution in [0.4, 0.5) is 0 Å². The van der Waals surface area contributed by atoms with Gasteiger partial charge in [-0.1, -0.05) is 102 Å². The van der Waals surface area contributed by atoms with Gasteiger partial charge >= 0.3 is 17.9 Å². The maximum absolute atomic E-state index is 13.7. The molecule has 10 unspecified atom stereocenters. The first-order chi connectivity index (χ1) is 28.3. The van der Waals surface area contributed by atoms with Crippen molar-refractivity contribution in [3.05, 3.63) is 154 Å². The second-order valence-electron chi connectivity index (χ2n) is 13.2. The van der Waals surface area contributed by atoms with E-state index < -0.39 is 85.9 Å². The first kappa shape index (κ1) is 41.9. The van der Waals surface area contributed by atoms with Gasteiger partial charge in [0.1, 0.15) is 43.2 Å². The number of azide groups is 1. The number of ether oxygens (including phenoxy) is 9. The summed E-state index contributed by atoms with van der Waals surface area (Å²) in [6.07, 6.45) is -13.2. The molecule has 0 bridgehead atoms. The number of carbonyl (C=O) groups is 3. The summed E-state index contributed by atoms with van der Waals surface area (Å²) in [5.74, 6) is -2.47. The Kier molecular flexibility index (Phi) is 14.9. The summed E-state index contributed by atoms with van der Waals surface area (Å²) in [5, 5.41) is 15.6. The summed E-state index contributed by atoms with van der Waals surface area (Å²) in [5.41, 5.74) is 11.6. The predicted octanol–water partition coefficient (Wildman–Crippen LogP) is 4.93. The molecule has 4 aromatic carbocycles. The number of methoxy groups -OCH3 is 2. The molecule has 2 aliphatic heterocycles. The van der Waals surface area contributed by atoms with E-state index in [4.69, 9.17) is 42.6 Å². The minimum atomic E-state index is -1.73. The van der Waals surface area contributed by atoms with E-state index in [1.54, 1.807) is 72.8 Å². The molecule has 2 saturated heterocycles. The van der Waals surface area contributed by atoms with Crippen molar-refractivity contribution in [3.63, 3.8) is 0 Å². The minimum Gasteiger partial charge on any atom is -0.467 e. The fraction of sp³-hybridized carbons (Fsp3) is 0.357. The van der Waals surface area contributed by atoms with Crippen LogP contribution in [0.15, 0.2) is 126 Å². The third-order valence-corrected chi connectivity index (χ3v) is 9.49. The monoisotopic (exact) mass is 797 g/mol. The van der Waals surface area contributed by atoms with E-state index in [0.29, 0.717) is 5.56 Å². The maximum Gasteiger partial charge on any atom is 0.338 e. The molecule has 10 atom stereocenters. The molecule has 16 heteroatoms. The van der Waals surface area contributed by atoms with Crippen molar-refractivity contribution in [1.82, 2.24) is 0 Å². The van der Waals surface area contributed by atoms with Gasteiger partial charge in [0.2, 0.25) is 0 Å². The lowest BCUT2D eigenvalue weighted by Crippen LogP contribution is -2.66. The topological polar surface area (TPSA) is 203 Å². The number of nitrogens with zero attached hydrogens (tertiary/aromatic N) is 3. The molecule has 2 fully saturated rings. The highest BCUT2D eigenvalue weighted by molar-refractivity contribution is 5.90. The fourth-order valence-electron chi connectivity index (χ4n) is 6.59. The zero-order valence-corrected chi connectivity index (χ0v) is 31.6. The zero-order valence-electron chi connectivity index (χ0n) is 31.6. The summed E-state index contributed by atoms with van der Waals surface area (Å²) in [7, 11) is 2.46. The number of carbonyl (C=O) groups excluding carboxylic acids is 3. The van der Waals surface area contributed by atoms with E-state index in [-0.39, 0.29) is 24.3 Å². The lowest BCUT2D eigenvalue weighted by atomic mass is 9.95. The molecule has 2 aliphatic rings. The molecule has 58 heavy (non-hydrogen) atoms. The van der Waals surface area contributed by atoms with Gasteiger partial charge in [-0.05, 0) is 40.9 Å². The van der Waals surface area contributed by atoms with Gasteiger partial charge in [-0.25, -0.2) is 14.4 Å². The van der Waals surface area contributed by atoms with Crippen LogP contribution in [0.3, 0.4) is 0 Å². The van der Waals surface area contributed by atoms with E-state index in [2.05, 4.69) is 10.0 Å². The second-order valence-corrected chi connectivity index (χ2v) is 13.2. The average Bonchev–Trinajstić information content (AvgIpc) is 3.27. The van der Waals surface area contributed by atoms with Gasteiger partial charge in [-0.15, -0.1) is 0 Å². The van der Waals surface area contributed by atoms with Crippen molar-refractivity contribution in [2.24, 2.45) is 5.11 Å². The Bertz CT molecular complexity index is 1970. The SMILES string of the molecule is COC(=O)C1OC(OC2C(COC(=O)c3ccccc3)OC(OC)C(N=[N+]=[N-])C2OCc2ccccc2)C(OC(=O)c2ccccc2)C(OCc2ccccc2)C1O. The number of hydrogen-bond acceptors (Lipinski definition) is 14. The molecule has 0 radical (unpaired) electrons. The number of aliphatic hydroxyl groups is 1. The van der Waals surface area contributed by atoms with E-state index in [1.807, 2.05) is 36.4 Å². The minimum absolute atomic E-state index is 0.0139. The summed E-state index contributed by atoms with van der Waals surface area (Å²) < 4.78 is 54.1. The number of hydrogen-bond donors (Lipinski definition) is 1. The highest BCUT2D eigenvalue weighted by Crippen LogP contribution is 2.35. The van der Waals surface area contributed by atoms with E-state index in [1.165, 1.54) is 19.2 Å². The molecule has 0 saturated carbocycles. The summed E-state index contributed by atoms with van der Waals surface area (Å²) in [6.45, 7) is -0.533. The third kappa shape index (κ3) is 10.4. The van der Waals surface area contributed by atoms with Gasteiger partial charge in [0.25, 0.3) is 0 Å². The number of aliphatic hydroxyl groups excluding tert-OH is 1. The largest absolute Gasteiger partial charge is 0.467 e. The molecule has 0 aliphatic carbocycles. The van der Waals surface area contributed by atoms with Crippen molar-refractivity contribution in [2.45, 2.75) is 74.6 Å². The van der Waals surface area contributed by atoms with E-state index in [0.717, 1.165) is 12.7 Å². The smallest absolute Gasteiger partial charge is 0.338 e. The van der Waals surface area contributed by atoms with Crippen LogP contribution < -0.4 is 0 Å². The normalized spacial score (nSPS) is 26.7. The van der Waals surface area contributed by atoms with Gasteiger partial charge in [0, 0.05) is 12.0 Å². The van der Waals surface area contributed by atoms with Crippen LogP contribution in [-0.2, 0) is 60.6 Å². The van der Waals surface area contributed by atoms with Crippen LogP contribution in [0.5, 0.6) is 0 Å². The molecule has 0 aromatic heterocycles. The van der Waals surface area contributed by atoms with Gasteiger partial charge < -0.3 is 47.7 Å². The standard InChI is InChI=1S/C42H43N3O13/c1-50-40(49)36-32(46)35(53-24-27-17-9-4-10-18-27)37(56-39(48)29-21-13-6-14-22-29)42(58-36)57-33-30(25-54-38(47)28-19-11-5-12-20-28)55-41(51-2)31(44-45-43)34(33)52-23-26-15-7-3-8-16-26/h3-22,30-37,41-42,46H,23-25H2,1-2H3. The lowest BCUT2D eigenvalue weighted by Gasteiger charge is -2.48. The van der Waals surface area contributed by atoms with Gasteiger partial charge in [0.05, 0.1) is 31.5 Å². The van der Waals surface area contributed by atoms with Gasteiger partial charge in [-0.2, -0.15) is 0 Å². The Morgan fingerprint density at radius 1 is 0.690 bits per heavy atom. The van der Waals surface area contributed by atoms with Gasteiger partial charge in [-0.3, -0.25) is 0 Å². The highest BCUT2D eigenvalue weighted by Gasteiger charge is 2.56. The fourth-order valence-corrected chi connectivity index (χ4v) is 6.59. The lowest BCUT2D eigenvalue weighted by molar-refractivity contribution is -0.347. The zero-order chi connectivity index (χ0) is 40.9. The maximum atomic E-state index is 13.7. The molecular weight excluding hydrogens is 754 g/mol. The highest BCUT2D eigenvalue weighted by atomic mass is 16.8.